The molecule has 0 aliphatic carbocycles. The maximum atomic E-state index is 12.6. The number of rotatable bonds is 17. The monoisotopic (exact) mass is 444 g/mol. The largest absolute Gasteiger partial charge is 0.465 e. The number of ether oxygens (including phenoxy) is 3. The van der Waals surface area contributed by atoms with Crippen molar-refractivity contribution >= 4 is 17.9 Å². The van der Waals surface area contributed by atoms with Gasteiger partial charge in [-0.15, -0.1) is 0 Å². The normalized spacial score (nSPS) is 16.0. The van der Waals surface area contributed by atoms with Gasteiger partial charge in [0.05, 0.1) is 32.7 Å². The molecule has 31 heavy (non-hydrogen) atoms. The van der Waals surface area contributed by atoms with Crippen LogP contribution in [0.4, 0.5) is 0 Å². The fourth-order valence-corrected chi connectivity index (χ4v) is 3.34. The molecule has 0 saturated heterocycles. The molecular formula is C24H44O7. The molecule has 0 fully saturated rings. The molecule has 0 spiro atoms. The number of hydrogen-bond acceptors (Lipinski definition) is 7. The van der Waals surface area contributed by atoms with Gasteiger partial charge >= 0.3 is 17.9 Å². The van der Waals surface area contributed by atoms with Crippen LogP contribution in [0.5, 0.6) is 0 Å². The lowest BCUT2D eigenvalue weighted by Crippen LogP contribution is -2.45. The Hall–Kier alpha value is -1.63. The van der Waals surface area contributed by atoms with Gasteiger partial charge in [-0.2, -0.15) is 0 Å². The zero-order valence-corrected chi connectivity index (χ0v) is 20.4. The van der Waals surface area contributed by atoms with Crippen LogP contribution in [0.3, 0.4) is 0 Å². The van der Waals surface area contributed by atoms with Gasteiger partial charge in [0.15, 0.2) is 5.60 Å². The van der Waals surface area contributed by atoms with Crippen LogP contribution in [0.2, 0.25) is 0 Å². The van der Waals surface area contributed by atoms with Crippen LogP contribution < -0.4 is 0 Å². The van der Waals surface area contributed by atoms with Crippen LogP contribution >= 0.6 is 0 Å². The molecule has 0 radical (unpaired) electrons. The topological polar surface area (TPSA) is 99.1 Å². The molecule has 7 heteroatoms. The van der Waals surface area contributed by atoms with Crippen molar-refractivity contribution in [3.63, 3.8) is 0 Å². The van der Waals surface area contributed by atoms with E-state index in [1.807, 2.05) is 41.5 Å². The Morgan fingerprint density at radius 2 is 1.00 bits per heavy atom. The maximum Gasteiger partial charge on any atom is 0.339 e. The Labute approximate surface area is 188 Å². The predicted molar refractivity (Wildman–Crippen MR) is 119 cm³/mol. The molecule has 0 aliphatic rings. The minimum atomic E-state index is -2.30. The summed E-state index contributed by atoms with van der Waals surface area (Å²) >= 11 is 0. The summed E-state index contributed by atoms with van der Waals surface area (Å²) in [6.45, 7) is 12.5. The van der Waals surface area contributed by atoms with Crippen molar-refractivity contribution in [1.82, 2.24) is 0 Å². The van der Waals surface area contributed by atoms with Crippen molar-refractivity contribution in [3.8, 4) is 0 Å². The van der Waals surface area contributed by atoms with Crippen LogP contribution in [0.1, 0.15) is 92.9 Å². The van der Waals surface area contributed by atoms with E-state index in [0.717, 1.165) is 38.5 Å². The lowest BCUT2D eigenvalue weighted by molar-refractivity contribution is -0.179. The average molecular weight is 445 g/mol. The second-order valence-electron chi connectivity index (χ2n) is 9.03. The number of hydrogen-bond donors (Lipinski definition) is 1. The van der Waals surface area contributed by atoms with E-state index in [1.165, 1.54) is 0 Å². The average Bonchev–Trinajstić information content (AvgIpc) is 2.69. The van der Waals surface area contributed by atoms with Crippen LogP contribution in [-0.2, 0) is 28.6 Å². The van der Waals surface area contributed by atoms with E-state index in [0.29, 0.717) is 0 Å². The van der Waals surface area contributed by atoms with E-state index in [2.05, 4.69) is 0 Å². The zero-order chi connectivity index (χ0) is 23.9. The van der Waals surface area contributed by atoms with E-state index in [4.69, 9.17) is 14.2 Å². The molecule has 0 aromatic rings. The summed E-state index contributed by atoms with van der Waals surface area (Å²) < 4.78 is 15.7. The second kappa shape index (κ2) is 16.1. The third kappa shape index (κ3) is 13.4. The fraction of sp³-hybridized carbons (Fsp3) is 0.875. The summed E-state index contributed by atoms with van der Waals surface area (Å²) in [6.07, 6.45) is 4.24. The van der Waals surface area contributed by atoms with Gasteiger partial charge in [0, 0.05) is 0 Å². The Balaban J connectivity index is 5.06. The Morgan fingerprint density at radius 1 is 0.677 bits per heavy atom. The Bertz CT molecular complexity index is 502. The third-order valence-electron chi connectivity index (χ3n) is 5.15. The second-order valence-corrected chi connectivity index (χ2v) is 9.03. The van der Waals surface area contributed by atoms with Crippen molar-refractivity contribution < 1.29 is 33.7 Å². The molecule has 0 aromatic heterocycles. The summed E-state index contributed by atoms with van der Waals surface area (Å²) in [4.78, 5) is 37.2. The fourth-order valence-electron chi connectivity index (χ4n) is 3.34. The summed E-state index contributed by atoms with van der Waals surface area (Å²) in [6, 6.07) is 0. The lowest BCUT2D eigenvalue weighted by atomic mass is 9.95. The van der Waals surface area contributed by atoms with E-state index < -0.39 is 36.4 Å². The molecule has 3 atom stereocenters. The van der Waals surface area contributed by atoms with Crippen LogP contribution in [0, 0.1) is 17.8 Å². The SMILES string of the molecule is CCCC(C)COC(=O)CC(O)(CC(=O)OCC(C)CCC)C(=O)OCC(C)CCC. The molecule has 0 saturated carbocycles. The van der Waals surface area contributed by atoms with Gasteiger partial charge in [0.25, 0.3) is 0 Å². The van der Waals surface area contributed by atoms with Crippen molar-refractivity contribution in [3.05, 3.63) is 0 Å². The summed E-state index contributed by atoms with van der Waals surface area (Å²) in [5, 5.41) is 10.9. The quantitative estimate of drug-likeness (QED) is 0.262. The Kier molecular flexibility index (Phi) is 15.2. The Morgan fingerprint density at radius 3 is 1.32 bits per heavy atom. The third-order valence-corrected chi connectivity index (χ3v) is 5.15. The molecular weight excluding hydrogens is 400 g/mol. The van der Waals surface area contributed by atoms with Gasteiger partial charge in [-0.1, -0.05) is 60.8 Å². The smallest absolute Gasteiger partial charge is 0.339 e. The minimum Gasteiger partial charge on any atom is -0.465 e. The number of carbonyl (C=O) groups excluding carboxylic acids is 3. The molecule has 0 aromatic carbocycles. The van der Waals surface area contributed by atoms with E-state index in [-0.39, 0.29) is 37.6 Å². The minimum absolute atomic E-state index is 0.111. The molecule has 0 heterocycles. The van der Waals surface area contributed by atoms with Gasteiger partial charge in [0.2, 0.25) is 0 Å². The molecule has 0 rings (SSSR count). The van der Waals surface area contributed by atoms with Gasteiger partial charge < -0.3 is 19.3 Å². The number of esters is 3. The van der Waals surface area contributed by atoms with Crippen molar-refractivity contribution in [2.75, 3.05) is 19.8 Å². The van der Waals surface area contributed by atoms with Crippen molar-refractivity contribution in [1.29, 1.82) is 0 Å². The highest BCUT2D eigenvalue weighted by Crippen LogP contribution is 2.22. The highest BCUT2D eigenvalue weighted by atomic mass is 16.6. The van der Waals surface area contributed by atoms with Gasteiger partial charge in [0.1, 0.15) is 0 Å². The first-order valence-corrected chi connectivity index (χ1v) is 11.8. The standard InChI is InChI=1S/C24H44O7/c1-7-10-18(4)15-29-21(25)13-24(28,23(27)31-17-20(6)12-9-3)14-22(26)30-16-19(5)11-8-2/h18-20,28H,7-17H2,1-6H3. The molecule has 0 aliphatic heterocycles. The van der Waals surface area contributed by atoms with E-state index >= 15 is 0 Å². The maximum absolute atomic E-state index is 12.6. The highest BCUT2D eigenvalue weighted by molar-refractivity contribution is 5.90. The first kappa shape index (κ1) is 29.4. The van der Waals surface area contributed by atoms with Crippen LogP contribution in [0.25, 0.3) is 0 Å². The van der Waals surface area contributed by atoms with Crippen LogP contribution in [-0.4, -0.2) is 48.4 Å². The first-order valence-electron chi connectivity index (χ1n) is 11.8. The van der Waals surface area contributed by atoms with Gasteiger partial charge in [-0.3, -0.25) is 9.59 Å². The zero-order valence-electron chi connectivity index (χ0n) is 20.4. The van der Waals surface area contributed by atoms with E-state index in [9.17, 15) is 19.5 Å². The van der Waals surface area contributed by atoms with Crippen LogP contribution in [0.15, 0.2) is 0 Å². The molecule has 3 unspecified atom stereocenters. The molecule has 0 amide bonds. The molecule has 0 bridgehead atoms. The summed E-state index contributed by atoms with van der Waals surface area (Å²) in [7, 11) is 0. The number of carbonyl (C=O) groups is 3. The lowest BCUT2D eigenvalue weighted by Gasteiger charge is -2.25. The number of aliphatic hydroxyl groups is 1. The molecule has 1 N–H and O–H groups in total. The molecule has 7 nitrogen and oxygen atoms in total. The first-order chi connectivity index (χ1) is 14.6. The summed E-state index contributed by atoms with van der Waals surface area (Å²) in [5.74, 6) is -2.01. The van der Waals surface area contributed by atoms with Gasteiger partial charge in [-0.05, 0) is 37.0 Å². The predicted octanol–water partition coefficient (Wildman–Crippen LogP) is 4.44. The van der Waals surface area contributed by atoms with Gasteiger partial charge in [-0.25, -0.2) is 4.79 Å². The van der Waals surface area contributed by atoms with Crippen molar-refractivity contribution in [2.45, 2.75) is 98.5 Å². The highest BCUT2D eigenvalue weighted by Gasteiger charge is 2.43. The van der Waals surface area contributed by atoms with Crippen molar-refractivity contribution in [2.24, 2.45) is 17.8 Å². The molecule has 182 valence electrons. The summed E-state index contributed by atoms with van der Waals surface area (Å²) in [5.41, 5.74) is -2.30. The van der Waals surface area contributed by atoms with E-state index in [1.54, 1.807) is 0 Å².